The standard InChI is InChI=1S/C15H10Cl2N2O/c16-10-3-1-9(2-4-10)7-13(20)11-8-19-15-14(11)12(17)5-6-18-15/h1-6,8H,7H2,(H,18,19). The molecular formula is C15H10Cl2N2O. The first-order valence-corrected chi connectivity index (χ1v) is 6.80. The van der Waals surface area contributed by atoms with Gasteiger partial charge in [0.15, 0.2) is 5.78 Å². The second-order valence-corrected chi connectivity index (χ2v) is 5.29. The SMILES string of the molecule is O=C(Cc1ccc(Cl)cc1)c1c[nH]c2nccc(Cl)c12. The summed E-state index contributed by atoms with van der Waals surface area (Å²) in [4.78, 5) is 19.5. The van der Waals surface area contributed by atoms with Crippen LogP contribution in [0.15, 0.2) is 42.7 Å². The van der Waals surface area contributed by atoms with Crippen molar-refractivity contribution in [3.63, 3.8) is 0 Å². The fourth-order valence-corrected chi connectivity index (χ4v) is 2.49. The van der Waals surface area contributed by atoms with Crippen LogP contribution in [0.3, 0.4) is 0 Å². The summed E-state index contributed by atoms with van der Waals surface area (Å²) in [7, 11) is 0. The average molecular weight is 305 g/mol. The fourth-order valence-electron chi connectivity index (χ4n) is 2.12. The van der Waals surface area contributed by atoms with Crippen LogP contribution in [-0.2, 0) is 6.42 Å². The Balaban J connectivity index is 1.95. The number of nitrogens with one attached hydrogen (secondary N) is 1. The Bertz CT molecular complexity index is 778. The number of carbonyl (C=O) groups excluding carboxylic acids is 1. The fraction of sp³-hybridized carbons (Fsp3) is 0.0667. The average Bonchev–Trinajstić information content (AvgIpc) is 2.87. The molecule has 0 saturated heterocycles. The van der Waals surface area contributed by atoms with Crippen LogP contribution in [-0.4, -0.2) is 15.8 Å². The van der Waals surface area contributed by atoms with Crippen LogP contribution >= 0.6 is 23.2 Å². The number of aromatic amines is 1. The lowest BCUT2D eigenvalue weighted by atomic mass is 10.0. The number of ketones is 1. The molecule has 0 saturated carbocycles. The summed E-state index contributed by atoms with van der Waals surface area (Å²) in [6, 6.07) is 8.91. The molecule has 5 heteroatoms. The highest BCUT2D eigenvalue weighted by Crippen LogP contribution is 2.26. The van der Waals surface area contributed by atoms with Gasteiger partial charge in [0, 0.05) is 34.8 Å². The predicted octanol–water partition coefficient (Wildman–Crippen LogP) is 4.30. The zero-order valence-corrected chi connectivity index (χ0v) is 11.9. The minimum Gasteiger partial charge on any atom is -0.345 e. The number of hydrogen-bond acceptors (Lipinski definition) is 2. The van der Waals surface area contributed by atoms with Gasteiger partial charge in [0.1, 0.15) is 5.65 Å². The summed E-state index contributed by atoms with van der Waals surface area (Å²) >= 11 is 12.0. The molecule has 0 aliphatic carbocycles. The highest BCUT2D eigenvalue weighted by Gasteiger charge is 2.15. The van der Waals surface area contributed by atoms with Gasteiger partial charge in [-0.05, 0) is 23.8 Å². The number of aromatic nitrogens is 2. The highest BCUT2D eigenvalue weighted by molar-refractivity contribution is 6.36. The molecule has 100 valence electrons. The molecule has 0 aliphatic heterocycles. The molecule has 0 unspecified atom stereocenters. The largest absolute Gasteiger partial charge is 0.345 e. The second-order valence-electron chi connectivity index (χ2n) is 4.45. The number of benzene rings is 1. The number of pyridine rings is 1. The van der Waals surface area contributed by atoms with E-state index in [0.29, 0.717) is 33.1 Å². The van der Waals surface area contributed by atoms with E-state index < -0.39 is 0 Å². The zero-order chi connectivity index (χ0) is 14.1. The summed E-state index contributed by atoms with van der Waals surface area (Å²) < 4.78 is 0. The maximum atomic E-state index is 12.4. The van der Waals surface area contributed by atoms with Crippen molar-refractivity contribution in [2.24, 2.45) is 0 Å². The van der Waals surface area contributed by atoms with E-state index in [1.807, 2.05) is 12.1 Å². The maximum absolute atomic E-state index is 12.4. The molecular weight excluding hydrogens is 295 g/mol. The number of nitrogens with zero attached hydrogens (tertiary/aromatic N) is 1. The van der Waals surface area contributed by atoms with Crippen molar-refractivity contribution >= 4 is 40.0 Å². The highest BCUT2D eigenvalue weighted by atomic mass is 35.5. The number of fused-ring (bicyclic) bond motifs is 1. The Labute approximate surface area is 125 Å². The molecule has 1 N–H and O–H groups in total. The van der Waals surface area contributed by atoms with Gasteiger partial charge in [-0.15, -0.1) is 0 Å². The Morgan fingerprint density at radius 3 is 2.65 bits per heavy atom. The molecule has 2 aromatic heterocycles. The zero-order valence-electron chi connectivity index (χ0n) is 10.4. The van der Waals surface area contributed by atoms with E-state index in [1.54, 1.807) is 30.6 Å². The minimum atomic E-state index is -0.00604. The summed E-state index contributed by atoms with van der Waals surface area (Å²) in [5, 5.41) is 1.85. The van der Waals surface area contributed by atoms with Gasteiger partial charge in [0.2, 0.25) is 0 Å². The Hall–Kier alpha value is -1.84. The molecule has 0 bridgehead atoms. The maximum Gasteiger partial charge on any atom is 0.169 e. The van der Waals surface area contributed by atoms with E-state index in [2.05, 4.69) is 9.97 Å². The van der Waals surface area contributed by atoms with E-state index in [1.165, 1.54) is 0 Å². The third-order valence-corrected chi connectivity index (χ3v) is 3.67. The number of Topliss-reactive ketones (excluding diaryl/α,β-unsaturated/α-hetero) is 1. The van der Waals surface area contributed by atoms with Gasteiger partial charge in [-0.25, -0.2) is 4.98 Å². The second kappa shape index (κ2) is 5.27. The Morgan fingerprint density at radius 2 is 1.90 bits per heavy atom. The molecule has 3 aromatic rings. The monoisotopic (exact) mass is 304 g/mol. The number of halogens is 2. The number of H-pyrrole nitrogens is 1. The summed E-state index contributed by atoms with van der Waals surface area (Å²) in [5.41, 5.74) is 2.10. The van der Waals surface area contributed by atoms with Crippen LogP contribution in [0.4, 0.5) is 0 Å². The summed E-state index contributed by atoms with van der Waals surface area (Å²) in [5.74, 6) is -0.00604. The molecule has 20 heavy (non-hydrogen) atoms. The van der Waals surface area contributed by atoms with E-state index in [-0.39, 0.29) is 5.78 Å². The molecule has 3 rings (SSSR count). The van der Waals surface area contributed by atoms with Crippen molar-refractivity contribution in [3.05, 3.63) is 63.9 Å². The van der Waals surface area contributed by atoms with Gasteiger partial charge >= 0.3 is 0 Å². The number of carbonyl (C=O) groups is 1. The lowest BCUT2D eigenvalue weighted by molar-refractivity contribution is 0.0994. The Kier molecular flexibility index (Phi) is 3.47. The predicted molar refractivity (Wildman–Crippen MR) is 80.6 cm³/mol. The van der Waals surface area contributed by atoms with Crippen molar-refractivity contribution in [3.8, 4) is 0 Å². The van der Waals surface area contributed by atoms with Crippen molar-refractivity contribution in [1.29, 1.82) is 0 Å². The molecule has 0 amide bonds. The molecule has 0 radical (unpaired) electrons. The first-order valence-electron chi connectivity index (χ1n) is 6.04. The third-order valence-electron chi connectivity index (χ3n) is 3.10. The van der Waals surface area contributed by atoms with Gasteiger partial charge < -0.3 is 4.98 Å². The van der Waals surface area contributed by atoms with Gasteiger partial charge in [-0.1, -0.05) is 35.3 Å². The van der Waals surface area contributed by atoms with E-state index >= 15 is 0 Å². The van der Waals surface area contributed by atoms with Crippen LogP contribution in [0, 0.1) is 0 Å². The summed E-state index contributed by atoms with van der Waals surface area (Å²) in [6.07, 6.45) is 3.56. The van der Waals surface area contributed by atoms with Gasteiger partial charge in [-0.2, -0.15) is 0 Å². The topological polar surface area (TPSA) is 45.8 Å². The lowest BCUT2D eigenvalue weighted by Crippen LogP contribution is -2.02. The number of hydrogen-bond donors (Lipinski definition) is 1. The van der Waals surface area contributed by atoms with Crippen LogP contribution in [0.2, 0.25) is 10.0 Å². The van der Waals surface area contributed by atoms with E-state index in [9.17, 15) is 4.79 Å². The van der Waals surface area contributed by atoms with Crippen LogP contribution in [0.1, 0.15) is 15.9 Å². The van der Waals surface area contributed by atoms with Crippen LogP contribution in [0.5, 0.6) is 0 Å². The van der Waals surface area contributed by atoms with Gasteiger partial charge in [0.05, 0.1) is 5.02 Å². The van der Waals surface area contributed by atoms with E-state index in [0.717, 1.165) is 5.56 Å². The first-order chi connectivity index (χ1) is 9.65. The molecule has 0 fully saturated rings. The number of rotatable bonds is 3. The normalized spacial score (nSPS) is 10.9. The van der Waals surface area contributed by atoms with Crippen LogP contribution in [0.25, 0.3) is 11.0 Å². The first kappa shape index (κ1) is 13.2. The molecule has 3 nitrogen and oxygen atoms in total. The van der Waals surface area contributed by atoms with Crippen molar-refractivity contribution < 1.29 is 4.79 Å². The van der Waals surface area contributed by atoms with Crippen LogP contribution < -0.4 is 0 Å². The van der Waals surface area contributed by atoms with Gasteiger partial charge in [0.25, 0.3) is 0 Å². The molecule has 0 atom stereocenters. The molecule has 2 heterocycles. The van der Waals surface area contributed by atoms with Crippen molar-refractivity contribution in [2.45, 2.75) is 6.42 Å². The molecule has 1 aromatic carbocycles. The third kappa shape index (κ3) is 2.42. The quantitative estimate of drug-likeness (QED) is 0.733. The Morgan fingerprint density at radius 1 is 1.15 bits per heavy atom. The van der Waals surface area contributed by atoms with Crippen molar-refractivity contribution in [2.75, 3.05) is 0 Å². The lowest BCUT2D eigenvalue weighted by Gasteiger charge is -2.01. The molecule has 0 spiro atoms. The smallest absolute Gasteiger partial charge is 0.169 e. The van der Waals surface area contributed by atoms with Crippen molar-refractivity contribution in [1.82, 2.24) is 9.97 Å². The van der Waals surface area contributed by atoms with E-state index in [4.69, 9.17) is 23.2 Å². The minimum absolute atomic E-state index is 0.00604. The van der Waals surface area contributed by atoms with Gasteiger partial charge in [-0.3, -0.25) is 4.79 Å². The summed E-state index contributed by atoms with van der Waals surface area (Å²) in [6.45, 7) is 0. The molecule has 0 aliphatic rings.